The third kappa shape index (κ3) is 3.15. The van der Waals surface area contributed by atoms with E-state index in [0.717, 1.165) is 16.7 Å². The first-order valence-electron chi connectivity index (χ1n) is 6.83. The molecule has 2 heterocycles. The van der Waals surface area contributed by atoms with Gasteiger partial charge in [0.2, 0.25) is 0 Å². The summed E-state index contributed by atoms with van der Waals surface area (Å²) in [5, 5.41) is 0. The van der Waals surface area contributed by atoms with Gasteiger partial charge in [-0.1, -0.05) is 24.3 Å². The fourth-order valence-corrected chi connectivity index (χ4v) is 2.21. The van der Waals surface area contributed by atoms with E-state index in [9.17, 15) is 4.79 Å². The Morgan fingerprint density at radius 3 is 2.59 bits per heavy atom. The molecule has 0 radical (unpaired) electrons. The molecule has 108 valence electrons. The fraction of sp³-hybridized carbons (Fsp3) is 0.0588. The molecule has 2 aromatic heterocycles. The van der Waals surface area contributed by atoms with Crippen LogP contribution in [-0.4, -0.2) is 20.9 Å². The van der Waals surface area contributed by atoms with Crippen LogP contribution < -0.4 is 5.73 Å². The van der Waals surface area contributed by atoms with Crippen LogP contribution in [0.2, 0.25) is 0 Å². The molecule has 5 heteroatoms. The minimum atomic E-state index is -0.547. The zero-order valence-electron chi connectivity index (χ0n) is 11.8. The summed E-state index contributed by atoms with van der Waals surface area (Å²) in [6.45, 7) is 0. The Hall–Kier alpha value is -3.08. The van der Waals surface area contributed by atoms with Gasteiger partial charge in [0.05, 0.1) is 0 Å². The van der Waals surface area contributed by atoms with Gasteiger partial charge in [-0.3, -0.25) is 9.78 Å². The molecule has 5 nitrogen and oxygen atoms in total. The number of rotatable bonds is 4. The second-order valence-electron chi connectivity index (χ2n) is 4.84. The average Bonchev–Trinajstić information content (AvgIpc) is 2.56. The maximum atomic E-state index is 11.2. The van der Waals surface area contributed by atoms with E-state index in [4.69, 9.17) is 5.73 Å². The zero-order chi connectivity index (χ0) is 15.4. The van der Waals surface area contributed by atoms with Crippen LogP contribution in [0.3, 0.4) is 0 Å². The lowest BCUT2D eigenvalue weighted by atomic mass is 10.0. The van der Waals surface area contributed by atoms with Crippen LogP contribution in [-0.2, 0) is 6.42 Å². The van der Waals surface area contributed by atoms with Crippen molar-refractivity contribution in [3.8, 4) is 11.1 Å². The largest absolute Gasteiger partial charge is 0.364 e. The molecule has 1 aromatic carbocycles. The Labute approximate surface area is 127 Å². The summed E-state index contributed by atoms with van der Waals surface area (Å²) in [5.41, 5.74) is 8.74. The quantitative estimate of drug-likeness (QED) is 0.798. The summed E-state index contributed by atoms with van der Waals surface area (Å²) in [4.78, 5) is 23.6. The Bertz CT molecular complexity index is 803. The van der Waals surface area contributed by atoms with Crippen molar-refractivity contribution < 1.29 is 4.79 Å². The Morgan fingerprint density at radius 1 is 1.00 bits per heavy atom. The zero-order valence-corrected chi connectivity index (χ0v) is 11.8. The highest BCUT2D eigenvalue weighted by Crippen LogP contribution is 2.20. The van der Waals surface area contributed by atoms with Gasteiger partial charge < -0.3 is 5.73 Å². The Kier molecular flexibility index (Phi) is 3.87. The standard InChI is InChI=1S/C17H14N4O/c18-17(22)15-6-9-20-16(21-15)11-12-2-1-3-14(10-12)13-4-7-19-8-5-13/h1-10H,11H2,(H2,18,22). The van der Waals surface area contributed by atoms with Crippen LogP contribution in [0.15, 0.2) is 61.1 Å². The molecular formula is C17H14N4O. The van der Waals surface area contributed by atoms with Gasteiger partial charge in [0.1, 0.15) is 11.5 Å². The summed E-state index contributed by atoms with van der Waals surface area (Å²) in [7, 11) is 0. The molecule has 0 atom stereocenters. The van der Waals surface area contributed by atoms with Gasteiger partial charge in [-0.25, -0.2) is 9.97 Å². The number of hydrogen-bond acceptors (Lipinski definition) is 4. The predicted molar refractivity (Wildman–Crippen MR) is 83.0 cm³/mol. The van der Waals surface area contributed by atoms with Crippen molar-refractivity contribution >= 4 is 5.91 Å². The Balaban J connectivity index is 1.87. The maximum Gasteiger partial charge on any atom is 0.267 e. The van der Waals surface area contributed by atoms with Crippen molar-refractivity contribution in [1.82, 2.24) is 15.0 Å². The topological polar surface area (TPSA) is 81.8 Å². The Morgan fingerprint density at radius 2 is 1.82 bits per heavy atom. The number of benzene rings is 1. The molecule has 0 fully saturated rings. The number of primary amides is 1. The second kappa shape index (κ2) is 6.13. The number of nitrogens with two attached hydrogens (primary N) is 1. The molecular weight excluding hydrogens is 276 g/mol. The highest BCUT2D eigenvalue weighted by atomic mass is 16.1. The molecule has 0 bridgehead atoms. The lowest BCUT2D eigenvalue weighted by molar-refractivity contribution is 0.0995. The van der Waals surface area contributed by atoms with E-state index in [1.807, 2.05) is 30.3 Å². The van der Waals surface area contributed by atoms with Crippen LogP contribution in [0, 0.1) is 0 Å². The molecule has 0 saturated heterocycles. The monoisotopic (exact) mass is 290 g/mol. The highest BCUT2D eigenvalue weighted by Gasteiger charge is 2.06. The lowest BCUT2D eigenvalue weighted by Gasteiger charge is -2.05. The average molecular weight is 290 g/mol. The van der Waals surface area contributed by atoms with E-state index in [0.29, 0.717) is 12.2 Å². The summed E-state index contributed by atoms with van der Waals surface area (Å²) in [5.74, 6) is 0.0253. The molecule has 3 aromatic rings. The van der Waals surface area contributed by atoms with Gasteiger partial charge >= 0.3 is 0 Å². The van der Waals surface area contributed by atoms with Crippen molar-refractivity contribution in [2.24, 2.45) is 5.73 Å². The second-order valence-corrected chi connectivity index (χ2v) is 4.84. The SMILES string of the molecule is NC(=O)c1ccnc(Cc2cccc(-c3ccncc3)c2)n1. The molecule has 0 unspecified atom stereocenters. The first kappa shape index (κ1) is 13.9. The lowest BCUT2D eigenvalue weighted by Crippen LogP contribution is -2.14. The van der Waals surface area contributed by atoms with Crippen molar-refractivity contribution in [3.05, 3.63) is 78.1 Å². The molecule has 22 heavy (non-hydrogen) atoms. The van der Waals surface area contributed by atoms with Crippen molar-refractivity contribution in [2.45, 2.75) is 6.42 Å². The van der Waals surface area contributed by atoms with Crippen LogP contribution in [0.5, 0.6) is 0 Å². The molecule has 1 amide bonds. The number of carbonyl (C=O) groups excluding carboxylic acids is 1. The summed E-state index contributed by atoms with van der Waals surface area (Å²) in [6, 6.07) is 13.6. The molecule has 2 N–H and O–H groups in total. The van der Waals surface area contributed by atoms with Crippen LogP contribution in [0.4, 0.5) is 0 Å². The van der Waals surface area contributed by atoms with E-state index in [1.165, 1.54) is 6.07 Å². The fourth-order valence-electron chi connectivity index (χ4n) is 2.21. The molecule has 0 spiro atoms. The smallest absolute Gasteiger partial charge is 0.267 e. The number of amides is 1. The maximum absolute atomic E-state index is 11.2. The molecule has 0 aliphatic heterocycles. The summed E-state index contributed by atoms with van der Waals surface area (Å²) < 4.78 is 0. The van der Waals surface area contributed by atoms with Crippen molar-refractivity contribution in [3.63, 3.8) is 0 Å². The van der Waals surface area contributed by atoms with Gasteiger partial charge in [-0.05, 0) is 34.9 Å². The molecule has 3 rings (SSSR count). The van der Waals surface area contributed by atoms with E-state index < -0.39 is 5.91 Å². The molecule has 0 saturated carbocycles. The third-order valence-electron chi connectivity index (χ3n) is 3.26. The van der Waals surface area contributed by atoms with Crippen LogP contribution in [0.25, 0.3) is 11.1 Å². The van der Waals surface area contributed by atoms with Crippen LogP contribution >= 0.6 is 0 Å². The van der Waals surface area contributed by atoms with Crippen molar-refractivity contribution in [1.29, 1.82) is 0 Å². The van der Waals surface area contributed by atoms with Gasteiger partial charge in [0.25, 0.3) is 5.91 Å². The van der Waals surface area contributed by atoms with E-state index >= 15 is 0 Å². The number of nitrogens with zero attached hydrogens (tertiary/aromatic N) is 3. The van der Waals surface area contributed by atoms with Gasteiger partial charge in [0.15, 0.2) is 0 Å². The van der Waals surface area contributed by atoms with Gasteiger partial charge in [-0.15, -0.1) is 0 Å². The van der Waals surface area contributed by atoms with E-state index in [2.05, 4.69) is 21.0 Å². The van der Waals surface area contributed by atoms with Gasteiger partial charge in [-0.2, -0.15) is 0 Å². The minimum absolute atomic E-state index is 0.232. The number of aromatic nitrogens is 3. The summed E-state index contributed by atoms with van der Waals surface area (Å²) in [6.07, 6.45) is 5.62. The number of pyridine rings is 1. The van der Waals surface area contributed by atoms with Crippen LogP contribution in [0.1, 0.15) is 21.9 Å². The normalized spacial score (nSPS) is 10.4. The predicted octanol–water partition coefficient (Wildman–Crippen LogP) is 2.23. The minimum Gasteiger partial charge on any atom is -0.364 e. The molecule has 0 aliphatic carbocycles. The number of carbonyl (C=O) groups is 1. The first-order valence-corrected chi connectivity index (χ1v) is 6.83. The third-order valence-corrected chi connectivity index (χ3v) is 3.26. The summed E-state index contributed by atoms with van der Waals surface area (Å²) >= 11 is 0. The van der Waals surface area contributed by atoms with E-state index in [1.54, 1.807) is 18.6 Å². The highest BCUT2D eigenvalue weighted by molar-refractivity contribution is 5.90. The number of hydrogen-bond donors (Lipinski definition) is 1. The molecule has 0 aliphatic rings. The van der Waals surface area contributed by atoms with Crippen molar-refractivity contribution in [2.75, 3.05) is 0 Å². The van der Waals surface area contributed by atoms with Gasteiger partial charge in [0, 0.05) is 25.0 Å². The first-order chi connectivity index (χ1) is 10.7. The van der Waals surface area contributed by atoms with E-state index in [-0.39, 0.29) is 5.69 Å².